The molecule has 128 valence electrons. The molecule has 2 aromatic carbocycles. The van der Waals surface area contributed by atoms with Crippen molar-refractivity contribution in [3.8, 4) is 0 Å². The molecule has 0 saturated carbocycles. The van der Waals surface area contributed by atoms with Gasteiger partial charge in [-0.2, -0.15) is 0 Å². The van der Waals surface area contributed by atoms with Crippen LogP contribution in [0.3, 0.4) is 0 Å². The summed E-state index contributed by atoms with van der Waals surface area (Å²) >= 11 is 6.09. The van der Waals surface area contributed by atoms with Gasteiger partial charge in [0, 0.05) is 34.4 Å². The number of amides is 1. The molecule has 0 fully saturated rings. The average Bonchev–Trinajstić information content (AvgIpc) is 2.82. The van der Waals surface area contributed by atoms with Gasteiger partial charge in [-0.1, -0.05) is 23.7 Å². The van der Waals surface area contributed by atoms with Crippen LogP contribution in [0.4, 0.5) is 5.69 Å². The number of hydrogen-bond acceptors (Lipinski definition) is 4. The molecular formula is C18H15ClN2O4. The second-order valence-electron chi connectivity index (χ2n) is 6.01. The normalized spacial score (nSPS) is 14.2. The van der Waals surface area contributed by atoms with Crippen LogP contribution in [0.5, 0.6) is 0 Å². The summed E-state index contributed by atoms with van der Waals surface area (Å²) in [6, 6.07) is 9.50. The van der Waals surface area contributed by atoms with Crippen molar-refractivity contribution in [2.24, 2.45) is 4.99 Å². The van der Waals surface area contributed by atoms with Crippen molar-refractivity contribution in [1.29, 1.82) is 0 Å². The molecule has 1 unspecified atom stereocenters. The van der Waals surface area contributed by atoms with E-state index < -0.39 is 11.0 Å². The zero-order chi connectivity index (χ0) is 18.1. The maximum Gasteiger partial charge on any atom is 0.274 e. The topological polar surface area (TPSA) is 92.8 Å². The minimum atomic E-state index is -0.600. The van der Waals surface area contributed by atoms with E-state index in [0.29, 0.717) is 33.2 Å². The number of non-ortho nitro benzene ring substituents is 1. The van der Waals surface area contributed by atoms with Gasteiger partial charge in [0.1, 0.15) is 0 Å². The number of halogens is 1. The molecule has 0 saturated heterocycles. The molecule has 7 heteroatoms. The average molecular weight is 359 g/mol. The monoisotopic (exact) mass is 358 g/mol. The fraction of sp³-hybridized carbons (Fsp3) is 0.222. The Morgan fingerprint density at radius 1 is 1.32 bits per heavy atom. The third kappa shape index (κ3) is 3.60. The maximum absolute atomic E-state index is 12.4. The van der Waals surface area contributed by atoms with Crippen molar-refractivity contribution >= 4 is 28.8 Å². The molecule has 1 atom stereocenters. The highest BCUT2D eigenvalue weighted by Crippen LogP contribution is 2.18. The van der Waals surface area contributed by atoms with Crippen LogP contribution in [0.15, 0.2) is 41.4 Å². The number of nitro benzene ring substituents is 1. The van der Waals surface area contributed by atoms with Gasteiger partial charge in [-0.15, -0.1) is 0 Å². The zero-order valence-corrected chi connectivity index (χ0v) is 14.2. The molecule has 0 aliphatic carbocycles. The van der Waals surface area contributed by atoms with Crippen molar-refractivity contribution in [2.45, 2.75) is 25.9 Å². The van der Waals surface area contributed by atoms with E-state index in [0.717, 1.165) is 5.56 Å². The quantitative estimate of drug-likeness (QED) is 0.650. The molecule has 0 radical (unpaired) electrons. The summed E-state index contributed by atoms with van der Waals surface area (Å²) in [5.74, 6) is -0.379. The van der Waals surface area contributed by atoms with Crippen molar-refractivity contribution in [3.05, 3.63) is 73.2 Å². The Morgan fingerprint density at radius 3 is 2.76 bits per heavy atom. The molecule has 6 nitrogen and oxygen atoms in total. The predicted molar refractivity (Wildman–Crippen MR) is 92.8 cm³/mol. The Kier molecular flexibility index (Phi) is 4.65. The van der Waals surface area contributed by atoms with Crippen LogP contribution in [0, 0.1) is 10.1 Å². The van der Waals surface area contributed by atoms with Crippen LogP contribution in [0.2, 0.25) is 5.02 Å². The maximum atomic E-state index is 12.4. The highest BCUT2D eigenvalue weighted by molar-refractivity contribution is 6.30. The lowest BCUT2D eigenvalue weighted by atomic mass is 9.98. The van der Waals surface area contributed by atoms with E-state index in [4.69, 9.17) is 11.6 Å². The summed E-state index contributed by atoms with van der Waals surface area (Å²) in [5.41, 5.74) is 1.83. The first-order valence-electron chi connectivity index (χ1n) is 7.71. The highest BCUT2D eigenvalue weighted by atomic mass is 35.5. The fourth-order valence-electron chi connectivity index (χ4n) is 3.00. The van der Waals surface area contributed by atoms with Crippen molar-refractivity contribution in [1.82, 2.24) is 0 Å². The Hall–Kier alpha value is -2.57. The summed E-state index contributed by atoms with van der Waals surface area (Å²) < 4.78 is 0. The largest absolute Gasteiger partial charge is 0.393 e. The highest BCUT2D eigenvalue weighted by Gasteiger charge is 2.21. The Bertz CT molecular complexity index is 999. The molecule has 25 heavy (non-hydrogen) atoms. The number of carbonyl (C=O) groups excluding carboxylic acids is 1. The van der Waals surface area contributed by atoms with E-state index in [1.165, 1.54) is 12.1 Å². The van der Waals surface area contributed by atoms with Gasteiger partial charge in [0.25, 0.3) is 11.6 Å². The first-order valence-corrected chi connectivity index (χ1v) is 8.09. The van der Waals surface area contributed by atoms with Crippen LogP contribution < -0.4 is 10.6 Å². The van der Waals surface area contributed by atoms with Crippen LogP contribution >= 0.6 is 11.6 Å². The Balaban J connectivity index is 2.14. The molecular weight excluding hydrogens is 344 g/mol. The van der Waals surface area contributed by atoms with Crippen LogP contribution in [-0.4, -0.2) is 22.0 Å². The van der Waals surface area contributed by atoms with Gasteiger partial charge in [-0.25, -0.2) is 4.99 Å². The van der Waals surface area contributed by atoms with Crippen LogP contribution in [0.1, 0.15) is 18.1 Å². The van der Waals surface area contributed by atoms with E-state index in [2.05, 4.69) is 4.99 Å². The number of nitro groups is 1. The van der Waals surface area contributed by atoms with Gasteiger partial charge in [0.05, 0.1) is 16.4 Å². The van der Waals surface area contributed by atoms with E-state index in [1.54, 1.807) is 31.2 Å². The van der Waals surface area contributed by atoms with Crippen molar-refractivity contribution in [3.63, 3.8) is 0 Å². The number of nitrogens with zero attached hydrogens (tertiary/aromatic N) is 2. The Labute approximate surface area is 148 Å². The van der Waals surface area contributed by atoms with Crippen LogP contribution in [0.25, 0.3) is 5.57 Å². The standard InChI is InChI=1S/C18H15ClN2O4/c1-10(22)5-12-8-13(19)9-16-17(12)15(18(23)20-16)7-11-3-2-4-14(6-11)21(24)25/h2-4,6,8-10,22H,5,7H2,1H3. The minimum Gasteiger partial charge on any atom is -0.393 e. The summed E-state index contributed by atoms with van der Waals surface area (Å²) in [6.07, 6.45) is -0.0346. The molecule has 1 N–H and O–H groups in total. The molecule has 3 rings (SSSR count). The number of aliphatic hydroxyl groups excluding tert-OH is 1. The molecule has 0 aromatic heterocycles. The lowest BCUT2D eigenvalue weighted by molar-refractivity contribution is -0.384. The number of hydrogen-bond donors (Lipinski definition) is 1. The number of aliphatic hydroxyl groups is 1. The van der Waals surface area contributed by atoms with Gasteiger partial charge in [-0.3, -0.25) is 14.9 Å². The van der Waals surface area contributed by atoms with Gasteiger partial charge >= 0.3 is 0 Å². The molecule has 1 aliphatic rings. The Morgan fingerprint density at radius 2 is 2.08 bits per heavy atom. The number of rotatable bonds is 5. The summed E-state index contributed by atoms with van der Waals surface area (Å²) in [6.45, 7) is 1.65. The predicted octanol–water partition coefficient (Wildman–Crippen LogP) is 1.72. The smallest absolute Gasteiger partial charge is 0.274 e. The van der Waals surface area contributed by atoms with Crippen LogP contribution in [-0.2, 0) is 17.6 Å². The summed E-state index contributed by atoms with van der Waals surface area (Å²) in [7, 11) is 0. The minimum absolute atomic E-state index is 0.0268. The fourth-order valence-corrected chi connectivity index (χ4v) is 3.23. The molecule has 1 aliphatic heterocycles. The van der Waals surface area contributed by atoms with E-state index in [-0.39, 0.29) is 18.0 Å². The van der Waals surface area contributed by atoms with E-state index in [9.17, 15) is 20.0 Å². The molecule has 2 aromatic rings. The van der Waals surface area contributed by atoms with E-state index in [1.807, 2.05) is 0 Å². The van der Waals surface area contributed by atoms with Crippen molar-refractivity contribution in [2.75, 3.05) is 0 Å². The molecule has 1 heterocycles. The van der Waals surface area contributed by atoms with Crippen molar-refractivity contribution < 1.29 is 14.8 Å². The van der Waals surface area contributed by atoms with Gasteiger partial charge < -0.3 is 5.11 Å². The molecule has 0 spiro atoms. The zero-order valence-electron chi connectivity index (χ0n) is 13.4. The third-order valence-electron chi connectivity index (χ3n) is 3.96. The van der Waals surface area contributed by atoms with E-state index >= 15 is 0 Å². The molecule has 1 amide bonds. The number of benzene rings is 2. The number of carbonyl (C=O) groups is 1. The first kappa shape index (κ1) is 17.3. The third-order valence-corrected chi connectivity index (χ3v) is 4.18. The second-order valence-corrected chi connectivity index (χ2v) is 6.45. The second kappa shape index (κ2) is 6.74. The number of fused-ring (bicyclic) bond motifs is 1. The summed E-state index contributed by atoms with van der Waals surface area (Å²) in [5, 5.41) is 22.3. The summed E-state index contributed by atoms with van der Waals surface area (Å²) in [4.78, 5) is 26.9. The lowest BCUT2D eigenvalue weighted by Crippen LogP contribution is -2.30. The lowest BCUT2D eigenvalue weighted by Gasteiger charge is -2.08. The first-order chi connectivity index (χ1) is 11.8. The SMILES string of the molecule is CC(O)Cc1cc(Cl)cc2c1=C(Cc1cccc([N+](=O)[O-])c1)C(=O)N=2. The van der Waals surface area contributed by atoms with Gasteiger partial charge in [0.15, 0.2) is 0 Å². The van der Waals surface area contributed by atoms with Gasteiger partial charge in [-0.05, 0) is 36.6 Å². The molecule has 0 bridgehead atoms. The van der Waals surface area contributed by atoms with Gasteiger partial charge in [0.2, 0.25) is 0 Å².